The van der Waals surface area contributed by atoms with Gasteiger partial charge in [-0.25, -0.2) is 4.79 Å². The molecule has 2 aromatic heterocycles. The number of carbonyl (C=O) groups is 2. The highest BCUT2D eigenvalue weighted by molar-refractivity contribution is 7.15. The minimum Gasteiger partial charge on any atom is -0.462 e. The van der Waals surface area contributed by atoms with Gasteiger partial charge in [-0.05, 0) is 19.4 Å². The standard InChI is InChI=1S/C22H22N2O3S/c1-4-27-22(26)20-18(17-10-8-15(2)9-11-17)14-28-21(20)23-19(25)13-24-12-6-5-7-16(24)3/h5-12,14H,4,13H2,1-3H3/p+1. The van der Waals surface area contributed by atoms with Crippen molar-refractivity contribution < 1.29 is 18.9 Å². The molecule has 0 bridgehead atoms. The third-order valence-electron chi connectivity index (χ3n) is 4.37. The molecule has 0 spiro atoms. The van der Waals surface area contributed by atoms with Gasteiger partial charge in [0.2, 0.25) is 6.54 Å². The van der Waals surface area contributed by atoms with E-state index in [2.05, 4.69) is 5.32 Å². The van der Waals surface area contributed by atoms with E-state index in [9.17, 15) is 9.59 Å². The molecule has 1 amide bonds. The van der Waals surface area contributed by atoms with Crippen molar-refractivity contribution in [2.24, 2.45) is 0 Å². The van der Waals surface area contributed by atoms with E-state index in [-0.39, 0.29) is 19.1 Å². The summed E-state index contributed by atoms with van der Waals surface area (Å²) >= 11 is 1.33. The molecule has 5 nitrogen and oxygen atoms in total. The van der Waals surface area contributed by atoms with Crippen LogP contribution in [0.4, 0.5) is 5.00 Å². The second-order valence-corrected chi connectivity index (χ2v) is 7.34. The van der Waals surface area contributed by atoms with E-state index in [1.54, 1.807) is 6.92 Å². The van der Waals surface area contributed by atoms with Crippen molar-refractivity contribution in [2.75, 3.05) is 11.9 Å². The number of aromatic nitrogens is 1. The van der Waals surface area contributed by atoms with E-state index in [1.165, 1.54) is 11.3 Å². The van der Waals surface area contributed by atoms with Crippen LogP contribution < -0.4 is 9.88 Å². The molecule has 1 N–H and O–H groups in total. The van der Waals surface area contributed by atoms with Crippen LogP contribution in [0, 0.1) is 13.8 Å². The number of esters is 1. The maximum Gasteiger partial charge on any atom is 0.341 e. The SMILES string of the molecule is CCOC(=O)c1c(-c2ccc(C)cc2)csc1NC(=O)C[n+]1ccccc1C. The highest BCUT2D eigenvalue weighted by atomic mass is 32.1. The molecule has 144 valence electrons. The number of hydrogen-bond acceptors (Lipinski definition) is 4. The van der Waals surface area contributed by atoms with Gasteiger partial charge in [0.1, 0.15) is 10.6 Å². The van der Waals surface area contributed by atoms with Gasteiger partial charge in [0.05, 0.1) is 6.61 Å². The molecule has 0 aliphatic rings. The molecule has 0 fully saturated rings. The number of nitrogens with one attached hydrogen (secondary N) is 1. The number of ether oxygens (including phenoxy) is 1. The van der Waals surface area contributed by atoms with Gasteiger partial charge >= 0.3 is 5.97 Å². The molecule has 6 heteroatoms. The van der Waals surface area contributed by atoms with Gasteiger partial charge in [-0.1, -0.05) is 35.9 Å². The smallest absolute Gasteiger partial charge is 0.341 e. The monoisotopic (exact) mass is 395 g/mol. The Labute approximate surface area is 168 Å². The number of anilines is 1. The zero-order chi connectivity index (χ0) is 20.1. The number of amides is 1. The zero-order valence-electron chi connectivity index (χ0n) is 16.2. The Hall–Kier alpha value is -2.99. The first-order chi connectivity index (χ1) is 13.5. The van der Waals surface area contributed by atoms with Crippen LogP contribution in [0.15, 0.2) is 54.0 Å². The fourth-order valence-electron chi connectivity index (χ4n) is 2.86. The van der Waals surface area contributed by atoms with E-state index in [0.29, 0.717) is 10.6 Å². The molecule has 0 saturated heterocycles. The lowest BCUT2D eigenvalue weighted by atomic mass is 10.0. The average Bonchev–Trinajstić information content (AvgIpc) is 3.08. The van der Waals surface area contributed by atoms with E-state index in [4.69, 9.17) is 4.74 Å². The molecule has 2 heterocycles. The maximum absolute atomic E-state index is 12.6. The number of benzene rings is 1. The zero-order valence-corrected chi connectivity index (χ0v) is 17.0. The Kier molecular flexibility index (Phi) is 6.21. The fourth-order valence-corrected chi connectivity index (χ4v) is 3.83. The van der Waals surface area contributed by atoms with Crippen LogP contribution in [-0.2, 0) is 16.1 Å². The van der Waals surface area contributed by atoms with Crippen LogP contribution in [-0.4, -0.2) is 18.5 Å². The largest absolute Gasteiger partial charge is 0.462 e. The average molecular weight is 396 g/mol. The predicted octanol–water partition coefficient (Wildman–Crippen LogP) is 4.13. The van der Waals surface area contributed by atoms with Gasteiger partial charge in [-0.3, -0.25) is 4.79 Å². The Morgan fingerprint density at radius 2 is 1.86 bits per heavy atom. The molecule has 1 aromatic carbocycles. The summed E-state index contributed by atoms with van der Waals surface area (Å²) in [5.74, 6) is -0.625. The van der Waals surface area contributed by atoms with Crippen molar-refractivity contribution in [1.29, 1.82) is 0 Å². The first-order valence-electron chi connectivity index (χ1n) is 9.10. The van der Waals surface area contributed by atoms with E-state index < -0.39 is 5.97 Å². The summed E-state index contributed by atoms with van der Waals surface area (Å²) in [6.45, 7) is 6.17. The fraction of sp³-hybridized carbons (Fsp3) is 0.227. The molecule has 0 saturated carbocycles. The Bertz CT molecular complexity index is 993. The summed E-state index contributed by atoms with van der Waals surface area (Å²) in [5.41, 5.74) is 4.20. The predicted molar refractivity (Wildman–Crippen MR) is 110 cm³/mol. The molecular formula is C22H23N2O3S+. The number of aryl methyl sites for hydroxylation is 2. The topological polar surface area (TPSA) is 59.3 Å². The van der Waals surface area contributed by atoms with Gasteiger partial charge < -0.3 is 10.1 Å². The number of thiophene rings is 1. The van der Waals surface area contributed by atoms with Crippen LogP contribution in [0.5, 0.6) is 0 Å². The number of hydrogen-bond donors (Lipinski definition) is 1. The van der Waals surface area contributed by atoms with Gasteiger partial charge in [-0.2, -0.15) is 4.57 Å². The van der Waals surface area contributed by atoms with Crippen LogP contribution in [0.1, 0.15) is 28.5 Å². The van der Waals surface area contributed by atoms with Crippen molar-refractivity contribution in [1.82, 2.24) is 0 Å². The molecule has 0 radical (unpaired) electrons. The van der Waals surface area contributed by atoms with E-state index in [1.807, 2.05) is 72.5 Å². The molecular weight excluding hydrogens is 372 g/mol. The number of rotatable bonds is 6. The highest BCUT2D eigenvalue weighted by Crippen LogP contribution is 2.36. The van der Waals surface area contributed by atoms with E-state index in [0.717, 1.165) is 22.4 Å². The molecule has 28 heavy (non-hydrogen) atoms. The molecule has 3 aromatic rings. The number of pyridine rings is 1. The molecule has 0 unspecified atom stereocenters. The highest BCUT2D eigenvalue weighted by Gasteiger charge is 2.23. The summed E-state index contributed by atoms with van der Waals surface area (Å²) in [6.07, 6.45) is 1.85. The third-order valence-corrected chi connectivity index (χ3v) is 5.26. The van der Waals surface area contributed by atoms with E-state index >= 15 is 0 Å². The summed E-state index contributed by atoms with van der Waals surface area (Å²) in [7, 11) is 0. The molecule has 0 aliphatic carbocycles. The van der Waals surface area contributed by atoms with Crippen LogP contribution in [0.2, 0.25) is 0 Å². The van der Waals surface area contributed by atoms with Crippen molar-refractivity contribution in [3.8, 4) is 11.1 Å². The van der Waals surface area contributed by atoms with Crippen LogP contribution in [0.3, 0.4) is 0 Å². The number of carbonyl (C=O) groups excluding carboxylic acids is 2. The second-order valence-electron chi connectivity index (χ2n) is 6.46. The van der Waals surface area contributed by atoms with Crippen LogP contribution >= 0.6 is 11.3 Å². The lowest BCUT2D eigenvalue weighted by Gasteiger charge is -2.08. The normalized spacial score (nSPS) is 10.5. The third kappa shape index (κ3) is 4.46. The lowest BCUT2D eigenvalue weighted by Crippen LogP contribution is -2.42. The summed E-state index contributed by atoms with van der Waals surface area (Å²) < 4.78 is 7.10. The molecule has 0 aliphatic heterocycles. The molecule has 0 atom stereocenters. The summed E-state index contributed by atoms with van der Waals surface area (Å²) in [5, 5.41) is 5.27. The van der Waals surface area contributed by atoms with Gasteiger partial charge in [-0.15, -0.1) is 11.3 Å². The quantitative estimate of drug-likeness (QED) is 0.504. The Morgan fingerprint density at radius 1 is 1.11 bits per heavy atom. The Balaban J connectivity index is 1.90. The summed E-state index contributed by atoms with van der Waals surface area (Å²) in [6, 6.07) is 13.7. The van der Waals surface area contributed by atoms with Gasteiger partial charge in [0, 0.05) is 30.0 Å². The van der Waals surface area contributed by atoms with Crippen molar-refractivity contribution in [3.05, 3.63) is 70.9 Å². The lowest BCUT2D eigenvalue weighted by molar-refractivity contribution is -0.690. The van der Waals surface area contributed by atoms with Crippen molar-refractivity contribution in [3.63, 3.8) is 0 Å². The maximum atomic E-state index is 12.6. The second kappa shape index (κ2) is 8.80. The summed E-state index contributed by atoms with van der Waals surface area (Å²) in [4.78, 5) is 25.2. The first-order valence-corrected chi connectivity index (χ1v) is 9.98. The first kappa shape index (κ1) is 19.8. The van der Waals surface area contributed by atoms with Crippen LogP contribution in [0.25, 0.3) is 11.1 Å². The number of nitrogens with zero attached hydrogens (tertiary/aromatic N) is 1. The van der Waals surface area contributed by atoms with Crippen molar-refractivity contribution >= 4 is 28.2 Å². The minimum atomic E-state index is -0.432. The van der Waals surface area contributed by atoms with Crippen molar-refractivity contribution in [2.45, 2.75) is 27.3 Å². The van der Waals surface area contributed by atoms with Gasteiger partial charge in [0.25, 0.3) is 5.91 Å². The molecule has 3 rings (SSSR count). The Morgan fingerprint density at radius 3 is 2.54 bits per heavy atom. The minimum absolute atomic E-state index is 0.173. The van der Waals surface area contributed by atoms with Gasteiger partial charge in [0.15, 0.2) is 11.9 Å².